The summed E-state index contributed by atoms with van der Waals surface area (Å²) in [4.78, 5) is 4.91. The van der Waals surface area contributed by atoms with Crippen molar-refractivity contribution in [2.45, 2.75) is 25.7 Å². The first-order chi connectivity index (χ1) is 13.8. The van der Waals surface area contributed by atoms with Crippen molar-refractivity contribution in [1.29, 1.82) is 0 Å². The van der Waals surface area contributed by atoms with Gasteiger partial charge in [0.05, 0.1) is 11.2 Å². The molecule has 0 spiro atoms. The number of unbranched alkanes of at least 4 members (excludes halogenated alkanes) is 3. The van der Waals surface area contributed by atoms with E-state index < -0.39 is 0 Å². The first-order valence-corrected chi connectivity index (χ1v) is 10.1. The molecule has 142 valence electrons. The van der Waals surface area contributed by atoms with Crippen LogP contribution >= 0.6 is 0 Å². The molecule has 4 aromatic rings. The zero-order valence-corrected chi connectivity index (χ0v) is 16.1. The van der Waals surface area contributed by atoms with Gasteiger partial charge in [0.2, 0.25) is 0 Å². The summed E-state index contributed by atoms with van der Waals surface area (Å²) in [5.74, 6) is 0. The number of aromatic nitrogens is 1. The molecule has 0 radical (unpaired) electrons. The lowest BCUT2D eigenvalue weighted by atomic mass is 10.0. The van der Waals surface area contributed by atoms with Crippen LogP contribution in [0.15, 0.2) is 72.8 Å². The zero-order valence-electron chi connectivity index (χ0n) is 16.1. The third-order valence-electron chi connectivity index (χ3n) is 5.16. The molecule has 0 aliphatic heterocycles. The molecule has 0 fully saturated rings. The molecule has 1 aromatic heterocycles. The molecular weight excluding hydrogens is 344 g/mol. The lowest BCUT2D eigenvalue weighted by Gasteiger charge is -2.12. The molecule has 0 aliphatic carbocycles. The van der Waals surface area contributed by atoms with Gasteiger partial charge in [-0.15, -0.1) is 0 Å². The minimum absolute atomic E-state index is 0.289. The maximum atomic E-state index is 8.90. The Morgan fingerprint density at radius 1 is 0.750 bits per heavy atom. The van der Waals surface area contributed by atoms with E-state index in [2.05, 4.69) is 72.0 Å². The number of para-hydroxylation sites is 1. The largest absolute Gasteiger partial charge is 0.396 e. The third-order valence-corrected chi connectivity index (χ3v) is 5.16. The highest BCUT2D eigenvalue weighted by atomic mass is 16.2. The second-order valence-electron chi connectivity index (χ2n) is 7.20. The van der Waals surface area contributed by atoms with Crippen molar-refractivity contribution in [2.75, 3.05) is 18.5 Å². The summed E-state index contributed by atoms with van der Waals surface area (Å²) in [7, 11) is 0. The molecule has 3 aromatic carbocycles. The predicted octanol–water partition coefficient (Wildman–Crippen LogP) is 6.02. The Morgan fingerprint density at radius 2 is 1.54 bits per heavy atom. The van der Waals surface area contributed by atoms with Gasteiger partial charge in [0.25, 0.3) is 0 Å². The number of aliphatic hydroxyl groups excluding tert-OH is 1. The minimum atomic E-state index is 0.289. The summed E-state index contributed by atoms with van der Waals surface area (Å²) in [6, 6.07) is 25.4. The topological polar surface area (TPSA) is 45.1 Å². The van der Waals surface area contributed by atoms with Gasteiger partial charge in [0.15, 0.2) is 0 Å². The number of aliphatic hydroxyl groups is 1. The molecule has 0 bridgehead atoms. The van der Waals surface area contributed by atoms with Crippen molar-refractivity contribution in [3.05, 3.63) is 72.8 Å². The molecule has 0 unspecified atom stereocenters. The molecule has 0 atom stereocenters. The van der Waals surface area contributed by atoms with Crippen molar-refractivity contribution in [2.24, 2.45) is 0 Å². The average molecular weight is 370 g/mol. The van der Waals surface area contributed by atoms with Gasteiger partial charge < -0.3 is 10.4 Å². The lowest BCUT2D eigenvalue weighted by Crippen LogP contribution is -2.03. The molecule has 3 heteroatoms. The molecule has 28 heavy (non-hydrogen) atoms. The van der Waals surface area contributed by atoms with Gasteiger partial charge in [-0.05, 0) is 41.8 Å². The number of benzene rings is 3. The Labute approximate surface area is 166 Å². The van der Waals surface area contributed by atoms with Crippen molar-refractivity contribution >= 4 is 27.4 Å². The van der Waals surface area contributed by atoms with E-state index in [-0.39, 0.29) is 6.61 Å². The monoisotopic (exact) mass is 370 g/mol. The maximum Gasteiger partial charge on any atom is 0.0730 e. The van der Waals surface area contributed by atoms with Crippen LogP contribution in [-0.2, 0) is 0 Å². The van der Waals surface area contributed by atoms with Crippen molar-refractivity contribution in [1.82, 2.24) is 4.98 Å². The SMILES string of the molecule is OCCCCCCNc1cc(-c2ccc3ccccc3c2)nc2ccccc12. The maximum absolute atomic E-state index is 8.90. The Hall–Kier alpha value is -2.91. The highest BCUT2D eigenvalue weighted by molar-refractivity contribution is 5.95. The Balaban J connectivity index is 1.63. The third kappa shape index (κ3) is 4.15. The van der Waals surface area contributed by atoms with Gasteiger partial charge in [-0.1, -0.05) is 67.4 Å². The summed E-state index contributed by atoms with van der Waals surface area (Å²) in [5, 5.41) is 16.1. The quantitative estimate of drug-likeness (QED) is 0.373. The number of anilines is 1. The van der Waals surface area contributed by atoms with Crippen molar-refractivity contribution in [3.8, 4) is 11.3 Å². The van der Waals surface area contributed by atoms with E-state index in [1.54, 1.807) is 0 Å². The van der Waals surface area contributed by atoms with Gasteiger partial charge in [-0.25, -0.2) is 4.98 Å². The fourth-order valence-electron chi connectivity index (χ4n) is 3.63. The highest BCUT2D eigenvalue weighted by Gasteiger charge is 2.08. The zero-order chi connectivity index (χ0) is 19.2. The molecule has 3 nitrogen and oxygen atoms in total. The number of hydrogen-bond acceptors (Lipinski definition) is 3. The minimum Gasteiger partial charge on any atom is -0.396 e. The summed E-state index contributed by atoms with van der Waals surface area (Å²) < 4.78 is 0. The molecule has 0 saturated carbocycles. The molecule has 0 aliphatic rings. The van der Waals surface area contributed by atoms with Crippen molar-refractivity contribution in [3.63, 3.8) is 0 Å². The molecule has 0 amide bonds. The van der Waals surface area contributed by atoms with E-state index in [0.717, 1.165) is 60.1 Å². The standard InChI is InChI=1S/C25H26N2O/c28-16-8-2-1-7-15-26-25-18-24(27-23-12-6-5-11-22(23)25)21-14-13-19-9-3-4-10-20(19)17-21/h3-6,9-14,17-18,28H,1-2,7-8,15-16H2,(H,26,27). The number of pyridine rings is 1. The van der Waals surface area contributed by atoms with E-state index in [9.17, 15) is 0 Å². The first kappa shape index (κ1) is 18.5. The van der Waals surface area contributed by atoms with Crippen LogP contribution in [0, 0.1) is 0 Å². The highest BCUT2D eigenvalue weighted by Crippen LogP contribution is 2.30. The van der Waals surface area contributed by atoms with Crippen LogP contribution in [-0.4, -0.2) is 23.2 Å². The van der Waals surface area contributed by atoms with Gasteiger partial charge in [0.1, 0.15) is 0 Å². The molecule has 2 N–H and O–H groups in total. The molecular formula is C25H26N2O. The van der Waals surface area contributed by atoms with Crippen LogP contribution < -0.4 is 5.32 Å². The summed E-state index contributed by atoms with van der Waals surface area (Å²) in [5.41, 5.74) is 4.27. The number of hydrogen-bond donors (Lipinski definition) is 2. The molecule has 1 heterocycles. The average Bonchev–Trinajstić information content (AvgIpc) is 2.75. The first-order valence-electron chi connectivity index (χ1n) is 10.1. The predicted molar refractivity (Wildman–Crippen MR) is 119 cm³/mol. The number of fused-ring (bicyclic) bond motifs is 2. The van der Waals surface area contributed by atoms with Crippen LogP contribution in [0.4, 0.5) is 5.69 Å². The normalized spacial score (nSPS) is 11.2. The number of rotatable bonds is 8. The van der Waals surface area contributed by atoms with Crippen LogP contribution in [0.25, 0.3) is 32.9 Å². The van der Waals surface area contributed by atoms with Crippen LogP contribution in [0.3, 0.4) is 0 Å². The summed E-state index contributed by atoms with van der Waals surface area (Å²) in [6.07, 6.45) is 4.21. The van der Waals surface area contributed by atoms with Gasteiger partial charge >= 0.3 is 0 Å². The van der Waals surface area contributed by atoms with Gasteiger partial charge in [0, 0.05) is 29.8 Å². The second-order valence-corrected chi connectivity index (χ2v) is 7.20. The molecule has 4 rings (SSSR count). The smallest absolute Gasteiger partial charge is 0.0730 e. The number of nitrogens with zero attached hydrogens (tertiary/aromatic N) is 1. The van der Waals surface area contributed by atoms with E-state index in [0.29, 0.717) is 0 Å². The van der Waals surface area contributed by atoms with E-state index in [1.807, 2.05) is 6.07 Å². The van der Waals surface area contributed by atoms with E-state index in [1.165, 1.54) is 10.8 Å². The van der Waals surface area contributed by atoms with Gasteiger partial charge in [-0.3, -0.25) is 0 Å². The van der Waals surface area contributed by atoms with Gasteiger partial charge in [-0.2, -0.15) is 0 Å². The summed E-state index contributed by atoms with van der Waals surface area (Å²) >= 11 is 0. The fraction of sp³-hybridized carbons (Fsp3) is 0.240. The van der Waals surface area contributed by atoms with E-state index in [4.69, 9.17) is 10.1 Å². The van der Waals surface area contributed by atoms with Crippen LogP contribution in [0.1, 0.15) is 25.7 Å². The second kappa shape index (κ2) is 8.85. The van der Waals surface area contributed by atoms with Crippen LogP contribution in [0.2, 0.25) is 0 Å². The molecule has 0 saturated heterocycles. The van der Waals surface area contributed by atoms with E-state index >= 15 is 0 Å². The summed E-state index contributed by atoms with van der Waals surface area (Å²) in [6.45, 7) is 1.22. The Bertz CT molecular complexity index is 1070. The Morgan fingerprint density at radius 3 is 2.43 bits per heavy atom. The fourth-order valence-corrected chi connectivity index (χ4v) is 3.63. The Kier molecular flexibility index (Phi) is 5.83. The van der Waals surface area contributed by atoms with Crippen molar-refractivity contribution < 1.29 is 5.11 Å². The lowest BCUT2D eigenvalue weighted by molar-refractivity contribution is 0.283. The van der Waals surface area contributed by atoms with Crippen LogP contribution in [0.5, 0.6) is 0 Å². The number of nitrogens with one attached hydrogen (secondary N) is 1.